The van der Waals surface area contributed by atoms with Gasteiger partial charge in [-0.05, 0) is 63.2 Å². The van der Waals surface area contributed by atoms with Crippen LogP contribution in [0.25, 0.3) is 0 Å². The molecule has 2 heterocycles. The first-order valence-electron chi connectivity index (χ1n) is 11.0. The van der Waals surface area contributed by atoms with Crippen molar-refractivity contribution in [2.75, 3.05) is 31.9 Å². The molecule has 2 aliphatic rings. The van der Waals surface area contributed by atoms with Crippen LogP contribution in [0.4, 0.5) is 0 Å². The van der Waals surface area contributed by atoms with Crippen LogP contribution in [0.15, 0.2) is 58.3 Å². The van der Waals surface area contributed by atoms with Gasteiger partial charge in [-0.1, -0.05) is 30.7 Å². The van der Waals surface area contributed by atoms with Gasteiger partial charge in [-0.15, -0.1) is 0 Å². The summed E-state index contributed by atoms with van der Waals surface area (Å²) in [6, 6.07) is 12.6. The van der Waals surface area contributed by atoms with Crippen molar-refractivity contribution < 1.29 is 22.3 Å². The summed E-state index contributed by atoms with van der Waals surface area (Å²) in [6.07, 6.45) is 4.51. The molecule has 174 valence electrons. The Hall–Kier alpha value is -1.91. The zero-order chi connectivity index (χ0) is 22.8. The lowest BCUT2D eigenvalue weighted by Crippen LogP contribution is -2.33. The molecule has 2 aromatic rings. The summed E-state index contributed by atoms with van der Waals surface area (Å²) in [5.41, 5.74) is 0.410. The number of rotatable bonds is 7. The third-order valence-electron chi connectivity index (χ3n) is 6.20. The van der Waals surface area contributed by atoms with Crippen LogP contribution >= 0.6 is 10.6 Å². The number of fused-ring (bicyclic) bond motifs is 1. The topological polar surface area (TPSA) is 107 Å². The number of nitrogens with zero attached hydrogens (tertiary/aromatic N) is 1. The first-order valence-corrected chi connectivity index (χ1v) is 14.3. The fourth-order valence-corrected chi connectivity index (χ4v) is 9.00. The Morgan fingerprint density at radius 2 is 1.75 bits per heavy atom. The molecule has 1 unspecified atom stereocenters. The Kier molecular flexibility index (Phi) is 6.92. The first kappa shape index (κ1) is 23.3. The standard InChI is InChI=1S/C23H30N2O5S2/c26-23(24-13-8-16-25-14-5-2-6-15-25)19-11-7-12-20-22(19)21(17-31(20,27)28)32(29,30)18-9-3-1-4-10-18/h1,3-4,7,9-12,21,27-28H,2,5-6,8,13-17H2,(H,24,26). The second-order valence-electron chi connectivity index (χ2n) is 8.41. The lowest BCUT2D eigenvalue weighted by Gasteiger charge is -2.27. The van der Waals surface area contributed by atoms with Gasteiger partial charge >= 0.3 is 0 Å². The minimum Gasteiger partial charge on any atom is -0.352 e. The molecule has 3 N–H and O–H groups in total. The smallest absolute Gasteiger partial charge is 0.251 e. The number of nitrogens with one attached hydrogen (secondary N) is 1. The van der Waals surface area contributed by atoms with Gasteiger partial charge in [0, 0.05) is 17.7 Å². The number of piperidine rings is 1. The van der Waals surface area contributed by atoms with E-state index in [1.165, 1.54) is 37.5 Å². The largest absolute Gasteiger partial charge is 0.352 e. The highest BCUT2D eigenvalue weighted by Crippen LogP contribution is 2.62. The number of hydrogen-bond acceptors (Lipinski definition) is 6. The first-order chi connectivity index (χ1) is 15.3. The Morgan fingerprint density at radius 1 is 1.03 bits per heavy atom. The molecule has 32 heavy (non-hydrogen) atoms. The molecule has 0 spiro atoms. The number of sulfone groups is 1. The SMILES string of the molecule is O=C(NCCCN1CCCCC1)c1cccc2c1C(S(=O)(=O)c1ccccc1)CS2(O)O. The van der Waals surface area contributed by atoms with Crippen molar-refractivity contribution >= 4 is 26.3 Å². The van der Waals surface area contributed by atoms with Crippen LogP contribution in [0, 0.1) is 0 Å². The third kappa shape index (κ3) is 4.72. The van der Waals surface area contributed by atoms with Gasteiger partial charge in [-0.2, -0.15) is 10.6 Å². The van der Waals surface area contributed by atoms with E-state index < -0.39 is 25.7 Å². The quantitative estimate of drug-likeness (QED) is 0.521. The zero-order valence-electron chi connectivity index (χ0n) is 17.9. The summed E-state index contributed by atoms with van der Waals surface area (Å²) < 4.78 is 48.0. The van der Waals surface area contributed by atoms with Crippen LogP contribution in [-0.4, -0.2) is 60.3 Å². The van der Waals surface area contributed by atoms with Crippen LogP contribution in [0.3, 0.4) is 0 Å². The molecule has 0 aromatic heterocycles. The van der Waals surface area contributed by atoms with Gasteiger partial charge in [0.15, 0.2) is 9.84 Å². The number of hydrogen-bond donors (Lipinski definition) is 3. The van der Waals surface area contributed by atoms with E-state index in [0.29, 0.717) is 6.54 Å². The molecule has 0 aliphatic carbocycles. The van der Waals surface area contributed by atoms with Crippen LogP contribution < -0.4 is 5.32 Å². The highest BCUT2D eigenvalue weighted by Gasteiger charge is 2.45. The Balaban J connectivity index is 1.55. The predicted molar refractivity (Wildman–Crippen MR) is 126 cm³/mol. The minimum absolute atomic E-state index is 0.102. The molecule has 1 saturated heterocycles. The van der Waals surface area contributed by atoms with E-state index in [-0.39, 0.29) is 32.6 Å². The Bertz CT molecular complexity index is 1070. The van der Waals surface area contributed by atoms with Gasteiger partial charge in [0.25, 0.3) is 5.91 Å². The zero-order valence-corrected chi connectivity index (χ0v) is 19.6. The van der Waals surface area contributed by atoms with Gasteiger partial charge in [0.2, 0.25) is 0 Å². The van der Waals surface area contributed by atoms with Crippen LogP contribution in [0.2, 0.25) is 0 Å². The van der Waals surface area contributed by atoms with Crippen molar-refractivity contribution in [1.29, 1.82) is 0 Å². The van der Waals surface area contributed by atoms with Crippen LogP contribution in [0.1, 0.15) is 46.9 Å². The summed E-state index contributed by atoms with van der Waals surface area (Å²) in [6.45, 7) is 3.58. The van der Waals surface area contributed by atoms with Crippen molar-refractivity contribution in [2.24, 2.45) is 0 Å². The van der Waals surface area contributed by atoms with E-state index in [1.807, 2.05) is 0 Å². The van der Waals surface area contributed by atoms with Crippen molar-refractivity contribution in [3.63, 3.8) is 0 Å². The van der Waals surface area contributed by atoms with Gasteiger partial charge in [0.05, 0.1) is 15.5 Å². The van der Waals surface area contributed by atoms with Crippen molar-refractivity contribution in [2.45, 2.75) is 40.7 Å². The maximum absolute atomic E-state index is 13.3. The average Bonchev–Trinajstić information content (AvgIpc) is 3.09. The molecule has 1 fully saturated rings. The molecule has 1 atom stereocenters. The normalized spacial score (nSPS) is 21.6. The number of benzene rings is 2. The maximum atomic E-state index is 13.3. The second-order valence-corrected chi connectivity index (χ2v) is 12.6. The van der Waals surface area contributed by atoms with Gasteiger partial charge in [0.1, 0.15) is 5.25 Å². The molecule has 4 rings (SSSR count). The molecule has 9 heteroatoms. The van der Waals surface area contributed by atoms with E-state index in [1.54, 1.807) is 30.3 Å². The number of carbonyl (C=O) groups excluding carboxylic acids is 1. The fraction of sp³-hybridized carbons (Fsp3) is 0.435. The highest BCUT2D eigenvalue weighted by molar-refractivity contribution is 8.25. The molecule has 0 radical (unpaired) electrons. The third-order valence-corrected chi connectivity index (χ3v) is 10.4. The summed E-state index contributed by atoms with van der Waals surface area (Å²) in [5.74, 6) is -0.718. The lowest BCUT2D eigenvalue weighted by atomic mass is 10.0. The van der Waals surface area contributed by atoms with Crippen molar-refractivity contribution in [3.05, 3.63) is 59.7 Å². The molecular formula is C23H30N2O5S2. The second kappa shape index (κ2) is 9.52. The summed E-state index contributed by atoms with van der Waals surface area (Å²) >= 11 is 0. The molecule has 7 nitrogen and oxygen atoms in total. The van der Waals surface area contributed by atoms with Gasteiger partial charge in [-0.25, -0.2) is 8.42 Å². The molecule has 1 amide bonds. The summed E-state index contributed by atoms with van der Waals surface area (Å²) in [7, 11) is -7.21. The summed E-state index contributed by atoms with van der Waals surface area (Å²) in [5, 5.41) is 1.71. The molecular weight excluding hydrogens is 448 g/mol. The van der Waals surface area contributed by atoms with E-state index in [4.69, 9.17) is 0 Å². The monoisotopic (exact) mass is 478 g/mol. The predicted octanol–water partition coefficient (Wildman–Crippen LogP) is 3.93. The average molecular weight is 479 g/mol. The maximum Gasteiger partial charge on any atom is 0.251 e. The van der Waals surface area contributed by atoms with Crippen molar-refractivity contribution in [3.8, 4) is 0 Å². The van der Waals surface area contributed by atoms with E-state index in [0.717, 1.165) is 26.1 Å². The molecule has 0 bridgehead atoms. The molecule has 2 aromatic carbocycles. The Morgan fingerprint density at radius 3 is 2.47 bits per heavy atom. The van der Waals surface area contributed by atoms with Crippen LogP contribution in [0.5, 0.6) is 0 Å². The van der Waals surface area contributed by atoms with Gasteiger partial charge in [-0.3, -0.25) is 13.9 Å². The van der Waals surface area contributed by atoms with Crippen LogP contribution in [-0.2, 0) is 9.84 Å². The lowest BCUT2D eigenvalue weighted by molar-refractivity contribution is 0.0950. The van der Waals surface area contributed by atoms with Crippen molar-refractivity contribution in [1.82, 2.24) is 10.2 Å². The molecule has 0 saturated carbocycles. The molecule has 2 aliphatic heterocycles. The minimum atomic E-state index is -3.90. The highest BCUT2D eigenvalue weighted by atomic mass is 32.3. The number of amides is 1. The number of carbonyl (C=O) groups is 1. The van der Waals surface area contributed by atoms with E-state index in [2.05, 4.69) is 10.2 Å². The Labute approximate surface area is 191 Å². The summed E-state index contributed by atoms with van der Waals surface area (Å²) in [4.78, 5) is 15.7. The van der Waals surface area contributed by atoms with E-state index in [9.17, 15) is 22.3 Å². The van der Waals surface area contributed by atoms with E-state index >= 15 is 0 Å². The van der Waals surface area contributed by atoms with Gasteiger partial charge < -0.3 is 10.2 Å². The number of likely N-dealkylation sites (tertiary alicyclic amines) is 1. The fourth-order valence-electron chi connectivity index (χ4n) is 4.55.